The van der Waals surface area contributed by atoms with Gasteiger partial charge in [-0.05, 0) is 50.7 Å². The van der Waals surface area contributed by atoms with Crippen LogP contribution in [0.25, 0.3) is 17.1 Å². The van der Waals surface area contributed by atoms with Crippen LogP contribution < -0.4 is 0 Å². The van der Waals surface area contributed by atoms with E-state index >= 15 is 0 Å². The largest absolute Gasteiger partial charge is 0.508 e. The quantitative estimate of drug-likeness (QED) is 0.698. The van der Waals surface area contributed by atoms with Crippen molar-refractivity contribution in [1.82, 2.24) is 19.7 Å². The number of unbranched alkanes of at least 4 members (excludes halogenated alkanes) is 1. The van der Waals surface area contributed by atoms with Crippen molar-refractivity contribution < 1.29 is 5.11 Å². The van der Waals surface area contributed by atoms with Crippen LogP contribution in [0.5, 0.6) is 5.75 Å². The van der Waals surface area contributed by atoms with E-state index in [4.69, 9.17) is 4.98 Å². The zero-order valence-corrected chi connectivity index (χ0v) is 15.7. The lowest BCUT2D eigenvalue weighted by atomic mass is 10.1. The molecule has 136 valence electrons. The van der Waals surface area contributed by atoms with Crippen molar-refractivity contribution in [3.63, 3.8) is 0 Å². The Hall–Kier alpha value is -2.66. The van der Waals surface area contributed by atoms with E-state index in [-0.39, 0.29) is 5.75 Å². The van der Waals surface area contributed by atoms with Gasteiger partial charge in [0, 0.05) is 11.6 Å². The van der Waals surface area contributed by atoms with Crippen LogP contribution in [0.15, 0.2) is 48.5 Å². The second-order valence-electron chi connectivity index (χ2n) is 6.83. The Morgan fingerprint density at radius 1 is 1.08 bits per heavy atom. The minimum absolute atomic E-state index is 0.217. The molecule has 3 aromatic rings. The number of aromatic hydroxyl groups is 1. The van der Waals surface area contributed by atoms with E-state index in [1.54, 1.807) is 12.1 Å². The molecular formula is C21H26N4O. The Morgan fingerprint density at radius 3 is 2.62 bits per heavy atom. The van der Waals surface area contributed by atoms with Crippen molar-refractivity contribution in [2.24, 2.45) is 0 Å². The Balaban J connectivity index is 2.06. The molecule has 5 heteroatoms. The molecule has 2 aromatic carbocycles. The molecule has 1 heterocycles. The molecule has 0 saturated heterocycles. The highest BCUT2D eigenvalue weighted by atomic mass is 16.3. The molecule has 1 N–H and O–H groups in total. The zero-order valence-electron chi connectivity index (χ0n) is 15.7. The summed E-state index contributed by atoms with van der Waals surface area (Å²) in [6.07, 6.45) is 3.42. The highest BCUT2D eigenvalue weighted by Crippen LogP contribution is 2.24. The number of hydrogen-bond acceptors (Lipinski definition) is 4. The van der Waals surface area contributed by atoms with Gasteiger partial charge in [0.05, 0.1) is 12.2 Å². The predicted molar refractivity (Wildman–Crippen MR) is 104 cm³/mol. The minimum Gasteiger partial charge on any atom is -0.508 e. The zero-order chi connectivity index (χ0) is 18.5. The lowest BCUT2D eigenvalue weighted by Gasteiger charge is -2.08. The van der Waals surface area contributed by atoms with Gasteiger partial charge in [-0.2, -0.15) is 0 Å². The first-order valence-corrected chi connectivity index (χ1v) is 9.06. The number of rotatable bonds is 7. The first kappa shape index (κ1) is 18.1. The summed E-state index contributed by atoms with van der Waals surface area (Å²) in [4.78, 5) is 6.82. The minimum atomic E-state index is 0.217. The van der Waals surface area contributed by atoms with Crippen LogP contribution in [0.4, 0.5) is 0 Å². The molecule has 0 unspecified atom stereocenters. The summed E-state index contributed by atoms with van der Waals surface area (Å²) in [5.74, 6) is 1.77. The Kier molecular flexibility index (Phi) is 5.68. The molecule has 0 bridgehead atoms. The van der Waals surface area contributed by atoms with Crippen LogP contribution >= 0.6 is 0 Å². The predicted octanol–water partition coefficient (Wildman–Crippen LogP) is 4.04. The Bertz CT molecular complexity index is 870. The van der Waals surface area contributed by atoms with E-state index in [9.17, 15) is 5.11 Å². The summed E-state index contributed by atoms with van der Waals surface area (Å²) in [7, 11) is 4.00. The second kappa shape index (κ2) is 8.15. The van der Waals surface area contributed by atoms with E-state index in [0.29, 0.717) is 6.54 Å². The van der Waals surface area contributed by atoms with E-state index in [1.165, 1.54) is 18.4 Å². The van der Waals surface area contributed by atoms with Crippen LogP contribution in [0.3, 0.4) is 0 Å². The summed E-state index contributed by atoms with van der Waals surface area (Å²) < 4.78 is 1.82. The number of phenolic OH excluding ortho intramolecular Hbond substituents is 1. The van der Waals surface area contributed by atoms with Crippen molar-refractivity contribution in [3.05, 3.63) is 59.9 Å². The van der Waals surface area contributed by atoms with Gasteiger partial charge >= 0.3 is 0 Å². The number of benzene rings is 2. The first-order chi connectivity index (χ1) is 12.6. The Morgan fingerprint density at radius 2 is 1.88 bits per heavy atom. The molecule has 1 aromatic heterocycles. The third-order valence-electron chi connectivity index (χ3n) is 4.19. The number of phenols is 1. The fourth-order valence-corrected chi connectivity index (χ4v) is 2.94. The fourth-order valence-electron chi connectivity index (χ4n) is 2.94. The van der Waals surface area contributed by atoms with Gasteiger partial charge in [0.2, 0.25) is 0 Å². The van der Waals surface area contributed by atoms with E-state index in [1.807, 2.05) is 35.8 Å². The molecule has 0 radical (unpaired) electrons. The van der Waals surface area contributed by atoms with Crippen LogP contribution in [-0.4, -0.2) is 38.9 Å². The molecule has 0 amide bonds. The third-order valence-corrected chi connectivity index (χ3v) is 4.19. The van der Waals surface area contributed by atoms with Crippen molar-refractivity contribution in [2.45, 2.75) is 32.7 Å². The maximum Gasteiger partial charge on any atom is 0.165 e. The number of nitrogens with zero attached hydrogens (tertiary/aromatic N) is 4. The first-order valence-electron chi connectivity index (χ1n) is 9.06. The number of hydrogen-bond donors (Lipinski definition) is 1. The number of aryl methyl sites for hydroxylation is 1. The molecule has 0 spiro atoms. The average molecular weight is 350 g/mol. The van der Waals surface area contributed by atoms with E-state index < -0.39 is 0 Å². The molecule has 0 atom stereocenters. The molecule has 0 saturated carbocycles. The van der Waals surface area contributed by atoms with Gasteiger partial charge in [-0.1, -0.05) is 37.6 Å². The molecule has 0 fully saturated rings. The third kappa shape index (κ3) is 4.29. The normalized spacial score (nSPS) is 11.2. The summed E-state index contributed by atoms with van der Waals surface area (Å²) in [6.45, 7) is 2.87. The maximum atomic E-state index is 9.86. The topological polar surface area (TPSA) is 54.2 Å². The van der Waals surface area contributed by atoms with Gasteiger partial charge in [-0.3, -0.25) is 0 Å². The van der Waals surface area contributed by atoms with Gasteiger partial charge in [-0.25, -0.2) is 9.67 Å². The van der Waals surface area contributed by atoms with Gasteiger partial charge in [0.25, 0.3) is 0 Å². The monoisotopic (exact) mass is 350 g/mol. The lowest BCUT2D eigenvalue weighted by molar-refractivity contribution is 0.390. The van der Waals surface area contributed by atoms with Gasteiger partial charge in [0.15, 0.2) is 11.6 Å². The smallest absolute Gasteiger partial charge is 0.165 e. The SMILES string of the molecule is CCCCc1cccc(-c2nc(CN(C)C)nn2-c2cccc(O)c2)c1. The summed E-state index contributed by atoms with van der Waals surface area (Å²) in [5.41, 5.74) is 3.15. The summed E-state index contributed by atoms with van der Waals surface area (Å²) in [5, 5.41) is 14.5. The maximum absolute atomic E-state index is 9.86. The van der Waals surface area contributed by atoms with Crippen LogP contribution in [-0.2, 0) is 13.0 Å². The van der Waals surface area contributed by atoms with Gasteiger partial charge in [0.1, 0.15) is 5.75 Å². The van der Waals surface area contributed by atoms with Crippen molar-refractivity contribution in [3.8, 4) is 22.8 Å². The van der Waals surface area contributed by atoms with Crippen molar-refractivity contribution in [2.75, 3.05) is 14.1 Å². The van der Waals surface area contributed by atoms with Crippen LogP contribution in [0.1, 0.15) is 31.2 Å². The molecule has 5 nitrogen and oxygen atoms in total. The van der Waals surface area contributed by atoms with Gasteiger partial charge in [-0.15, -0.1) is 5.10 Å². The highest BCUT2D eigenvalue weighted by Gasteiger charge is 2.15. The standard InChI is InChI=1S/C21H26N4O/c1-4-5-8-16-9-6-10-17(13-16)21-22-20(15-24(2)3)23-25(21)18-11-7-12-19(26)14-18/h6-7,9-14,26H,4-5,8,15H2,1-3H3. The lowest BCUT2D eigenvalue weighted by Crippen LogP contribution is -2.12. The molecular weight excluding hydrogens is 324 g/mol. The molecule has 3 rings (SSSR count). The van der Waals surface area contributed by atoms with Crippen LogP contribution in [0.2, 0.25) is 0 Å². The molecule has 0 aliphatic carbocycles. The summed E-state index contributed by atoms with van der Waals surface area (Å²) >= 11 is 0. The molecule has 0 aliphatic heterocycles. The van der Waals surface area contributed by atoms with E-state index in [2.05, 4.69) is 36.3 Å². The fraction of sp³-hybridized carbons (Fsp3) is 0.333. The van der Waals surface area contributed by atoms with E-state index in [0.717, 1.165) is 29.3 Å². The van der Waals surface area contributed by atoms with Gasteiger partial charge < -0.3 is 10.0 Å². The van der Waals surface area contributed by atoms with Crippen LogP contribution in [0, 0.1) is 0 Å². The average Bonchev–Trinajstić information content (AvgIpc) is 3.03. The molecule has 0 aliphatic rings. The highest BCUT2D eigenvalue weighted by molar-refractivity contribution is 5.59. The number of aromatic nitrogens is 3. The van der Waals surface area contributed by atoms with Crippen molar-refractivity contribution in [1.29, 1.82) is 0 Å². The Labute approximate surface area is 154 Å². The second-order valence-corrected chi connectivity index (χ2v) is 6.83. The van der Waals surface area contributed by atoms with Crippen molar-refractivity contribution >= 4 is 0 Å². The molecule has 26 heavy (non-hydrogen) atoms. The summed E-state index contributed by atoms with van der Waals surface area (Å²) in [6, 6.07) is 15.6.